The summed E-state index contributed by atoms with van der Waals surface area (Å²) in [5, 5.41) is 0. The highest BCUT2D eigenvalue weighted by Gasteiger charge is 2.28. The minimum absolute atomic E-state index is 0.0728. The maximum absolute atomic E-state index is 12.8. The fourth-order valence-corrected chi connectivity index (χ4v) is 3.33. The molecule has 2 aromatic rings. The first kappa shape index (κ1) is 17.6. The molecule has 6 heteroatoms. The van der Waals surface area contributed by atoms with Crippen molar-refractivity contribution in [3.05, 3.63) is 47.8 Å². The van der Waals surface area contributed by atoms with Crippen LogP contribution in [-0.4, -0.2) is 64.0 Å². The van der Waals surface area contributed by atoms with Crippen LogP contribution in [0.5, 0.6) is 0 Å². The van der Waals surface area contributed by atoms with E-state index < -0.39 is 0 Å². The van der Waals surface area contributed by atoms with E-state index in [4.69, 9.17) is 0 Å². The predicted molar refractivity (Wildman–Crippen MR) is 97.6 cm³/mol. The standard InChI is InChI=1S/C19H27N5O/c1-15-6-7-16(13-21-15)19(25)24-9-4-5-17(14-24)18-20-8-10-23(18)12-11-22(2)3/h6-8,10,13,17H,4-5,9,11-12,14H2,1-3H3/t17-/m1/s1. The van der Waals surface area contributed by atoms with Crippen molar-refractivity contribution in [1.82, 2.24) is 24.3 Å². The van der Waals surface area contributed by atoms with Crippen LogP contribution in [0, 0.1) is 6.92 Å². The second kappa shape index (κ2) is 7.78. The van der Waals surface area contributed by atoms with Crippen LogP contribution in [-0.2, 0) is 6.54 Å². The summed E-state index contributed by atoms with van der Waals surface area (Å²) < 4.78 is 2.23. The number of piperidine rings is 1. The molecule has 0 radical (unpaired) electrons. The van der Waals surface area contributed by atoms with Crippen LogP contribution < -0.4 is 0 Å². The fraction of sp³-hybridized carbons (Fsp3) is 0.526. The van der Waals surface area contributed by atoms with Gasteiger partial charge in [-0.2, -0.15) is 0 Å². The molecule has 1 fully saturated rings. The first-order valence-electron chi connectivity index (χ1n) is 8.92. The lowest BCUT2D eigenvalue weighted by molar-refractivity contribution is 0.0702. The number of imidazole rings is 1. The van der Waals surface area contributed by atoms with Crippen molar-refractivity contribution in [1.29, 1.82) is 0 Å². The normalized spacial score (nSPS) is 17.9. The fourth-order valence-electron chi connectivity index (χ4n) is 3.33. The van der Waals surface area contributed by atoms with Crippen LogP contribution in [0.15, 0.2) is 30.7 Å². The quantitative estimate of drug-likeness (QED) is 0.836. The monoisotopic (exact) mass is 341 g/mol. The van der Waals surface area contributed by atoms with Gasteiger partial charge in [0.2, 0.25) is 0 Å². The molecule has 3 rings (SSSR count). The van der Waals surface area contributed by atoms with Crippen molar-refractivity contribution in [2.24, 2.45) is 0 Å². The first-order valence-corrected chi connectivity index (χ1v) is 8.92. The van der Waals surface area contributed by atoms with Gasteiger partial charge >= 0.3 is 0 Å². The van der Waals surface area contributed by atoms with E-state index >= 15 is 0 Å². The van der Waals surface area contributed by atoms with Gasteiger partial charge in [0.05, 0.1) is 5.56 Å². The number of hydrogen-bond donors (Lipinski definition) is 0. The Hall–Kier alpha value is -2.21. The molecule has 6 nitrogen and oxygen atoms in total. The number of carbonyl (C=O) groups is 1. The molecule has 134 valence electrons. The smallest absolute Gasteiger partial charge is 0.255 e. The number of likely N-dealkylation sites (N-methyl/N-ethyl adjacent to an activating group) is 1. The summed E-state index contributed by atoms with van der Waals surface area (Å²) in [4.78, 5) is 25.7. The van der Waals surface area contributed by atoms with Crippen LogP contribution in [0.25, 0.3) is 0 Å². The molecule has 0 aliphatic carbocycles. The SMILES string of the molecule is Cc1ccc(C(=O)N2CCC[C@@H](c3nccn3CCN(C)C)C2)cn1. The Bertz CT molecular complexity index is 707. The number of carbonyl (C=O) groups excluding carboxylic acids is 1. The molecule has 0 aromatic carbocycles. The summed E-state index contributed by atoms with van der Waals surface area (Å²) >= 11 is 0. The zero-order chi connectivity index (χ0) is 17.8. The molecule has 25 heavy (non-hydrogen) atoms. The molecule has 2 aromatic heterocycles. The van der Waals surface area contributed by atoms with Gasteiger partial charge in [0.15, 0.2) is 0 Å². The largest absolute Gasteiger partial charge is 0.338 e. The highest BCUT2D eigenvalue weighted by Crippen LogP contribution is 2.26. The Morgan fingerprint density at radius 1 is 1.32 bits per heavy atom. The van der Waals surface area contributed by atoms with E-state index in [1.165, 1.54) is 0 Å². The Morgan fingerprint density at radius 3 is 2.88 bits per heavy atom. The lowest BCUT2D eigenvalue weighted by atomic mass is 9.96. The highest BCUT2D eigenvalue weighted by molar-refractivity contribution is 5.94. The van der Waals surface area contributed by atoms with Crippen LogP contribution in [0.3, 0.4) is 0 Å². The average Bonchev–Trinajstić information content (AvgIpc) is 3.09. The second-order valence-electron chi connectivity index (χ2n) is 7.06. The van der Waals surface area contributed by atoms with Crippen molar-refractivity contribution in [3.8, 4) is 0 Å². The average molecular weight is 341 g/mol. The Kier molecular flexibility index (Phi) is 5.48. The van der Waals surface area contributed by atoms with E-state index in [0.29, 0.717) is 11.5 Å². The maximum Gasteiger partial charge on any atom is 0.255 e. The first-order chi connectivity index (χ1) is 12.0. The second-order valence-corrected chi connectivity index (χ2v) is 7.06. The van der Waals surface area contributed by atoms with Crippen LogP contribution in [0.1, 0.15) is 40.6 Å². The van der Waals surface area contributed by atoms with E-state index in [-0.39, 0.29) is 5.91 Å². The lowest BCUT2D eigenvalue weighted by Gasteiger charge is -2.32. The highest BCUT2D eigenvalue weighted by atomic mass is 16.2. The van der Waals surface area contributed by atoms with Crippen LogP contribution in [0.2, 0.25) is 0 Å². The topological polar surface area (TPSA) is 54.3 Å². The minimum atomic E-state index is 0.0728. The molecule has 0 spiro atoms. The maximum atomic E-state index is 12.8. The molecule has 1 amide bonds. The van der Waals surface area contributed by atoms with Crippen molar-refractivity contribution in [2.75, 3.05) is 33.7 Å². The lowest BCUT2D eigenvalue weighted by Crippen LogP contribution is -2.40. The molecule has 1 saturated heterocycles. The number of likely N-dealkylation sites (tertiary alicyclic amines) is 1. The summed E-state index contributed by atoms with van der Waals surface area (Å²) in [6.07, 6.45) is 7.68. The van der Waals surface area contributed by atoms with Gasteiger partial charge < -0.3 is 14.4 Å². The van der Waals surface area contributed by atoms with Crippen molar-refractivity contribution >= 4 is 5.91 Å². The van der Waals surface area contributed by atoms with Gasteiger partial charge in [0, 0.05) is 56.4 Å². The van der Waals surface area contributed by atoms with E-state index in [1.807, 2.05) is 36.4 Å². The van der Waals surface area contributed by atoms with E-state index in [1.54, 1.807) is 6.20 Å². The van der Waals surface area contributed by atoms with Gasteiger partial charge in [-0.05, 0) is 46.0 Å². The molecule has 1 aliphatic rings. The molecule has 1 atom stereocenters. The van der Waals surface area contributed by atoms with Crippen molar-refractivity contribution in [3.63, 3.8) is 0 Å². The predicted octanol–water partition coefficient (Wildman–Crippen LogP) is 2.17. The summed E-state index contributed by atoms with van der Waals surface area (Å²) in [5.74, 6) is 1.47. The Balaban J connectivity index is 1.70. The number of amides is 1. The minimum Gasteiger partial charge on any atom is -0.338 e. The van der Waals surface area contributed by atoms with Crippen molar-refractivity contribution in [2.45, 2.75) is 32.2 Å². The summed E-state index contributed by atoms with van der Waals surface area (Å²) in [7, 11) is 4.15. The van der Waals surface area contributed by atoms with E-state index in [2.05, 4.69) is 33.5 Å². The molecule has 0 saturated carbocycles. The molecule has 3 heterocycles. The zero-order valence-corrected chi connectivity index (χ0v) is 15.4. The van der Waals surface area contributed by atoms with Gasteiger partial charge in [-0.1, -0.05) is 0 Å². The molecular formula is C19H27N5O. The number of aromatic nitrogens is 3. The van der Waals surface area contributed by atoms with E-state index in [0.717, 1.165) is 50.5 Å². The van der Waals surface area contributed by atoms with Crippen molar-refractivity contribution < 1.29 is 4.79 Å². The molecule has 1 aliphatic heterocycles. The number of pyridine rings is 1. The van der Waals surface area contributed by atoms with Gasteiger partial charge in [0.1, 0.15) is 5.82 Å². The Morgan fingerprint density at radius 2 is 2.16 bits per heavy atom. The molecule has 0 unspecified atom stereocenters. The van der Waals surface area contributed by atoms with Gasteiger partial charge in [-0.15, -0.1) is 0 Å². The third kappa shape index (κ3) is 4.25. The third-order valence-corrected chi connectivity index (χ3v) is 4.77. The summed E-state index contributed by atoms with van der Waals surface area (Å²) in [6.45, 7) is 5.37. The number of nitrogens with zero attached hydrogens (tertiary/aromatic N) is 5. The number of aryl methyl sites for hydroxylation is 1. The van der Waals surface area contributed by atoms with Gasteiger partial charge in [-0.25, -0.2) is 4.98 Å². The molecular weight excluding hydrogens is 314 g/mol. The Labute approximate surface area is 149 Å². The van der Waals surface area contributed by atoms with Crippen LogP contribution >= 0.6 is 0 Å². The van der Waals surface area contributed by atoms with E-state index in [9.17, 15) is 4.79 Å². The zero-order valence-electron chi connectivity index (χ0n) is 15.4. The molecule has 0 N–H and O–H groups in total. The third-order valence-electron chi connectivity index (χ3n) is 4.77. The molecule has 0 bridgehead atoms. The number of rotatable bonds is 5. The van der Waals surface area contributed by atoms with Gasteiger partial charge in [-0.3, -0.25) is 9.78 Å². The summed E-state index contributed by atoms with van der Waals surface area (Å²) in [6, 6.07) is 3.76. The van der Waals surface area contributed by atoms with Gasteiger partial charge in [0.25, 0.3) is 5.91 Å². The van der Waals surface area contributed by atoms with Crippen LogP contribution in [0.4, 0.5) is 0 Å². The number of hydrogen-bond acceptors (Lipinski definition) is 4. The summed E-state index contributed by atoms with van der Waals surface area (Å²) in [5.41, 5.74) is 1.60.